The number of nitrogens with zero attached hydrogens (tertiary/aromatic N) is 2. The molecular formula is C19H25N3O3S. The Labute approximate surface area is 158 Å². The molecule has 6 nitrogen and oxygen atoms in total. The summed E-state index contributed by atoms with van der Waals surface area (Å²) in [7, 11) is 1.62. The van der Waals surface area contributed by atoms with Crippen LogP contribution in [0.25, 0.3) is 11.5 Å². The SMILES string of the molecule is COc1ccc(-c2nnc(SCC(=O)N[C@H]3CCC[C@@H](C)[C@@H]3C)o2)cc1. The molecule has 1 amide bonds. The van der Waals surface area contributed by atoms with Crippen molar-refractivity contribution >= 4 is 17.7 Å². The highest BCUT2D eigenvalue weighted by molar-refractivity contribution is 7.99. The summed E-state index contributed by atoms with van der Waals surface area (Å²) in [5, 5.41) is 11.6. The van der Waals surface area contributed by atoms with Crippen LogP contribution in [0.1, 0.15) is 33.1 Å². The second-order valence-electron chi connectivity index (χ2n) is 6.83. The molecule has 1 aromatic carbocycles. The van der Waals surface area contributed by atoms with Gasteiger partial charge in [0.25, 0.3) is 5.22 Å². The summed E-state index contributed by atoms with van der Waals surface area (Å²) in [6.45, 7) is 4.48. The summed E-state index contributed by atoms with van der Waals surface area (Å²) in [4.78, 5) is 12.2. The number of nitrogens with one attached hydrogen (secondary N) is 1. The van der Waals surface area contributed by atoms with Gasteiger partial charge in [0.1, 0.15) is 5.75 Å². The lowest BCUT2D eigenvalue weighted by molar-refractivity contribution is -0.120. The van der Waals surface area contributed by atoms with Gasteiger partial charge in [-0.1, -0.05) is 38.5 Å². The van der Waals surface area contributed by atoms with Crippen molar-refractivity contribution in [2.75, 3.05) is 12.9 Å². The zero-order valence-electron chi connectivity index (χ0n) is 15.4. The number of thioether (sulfide) groups is 1. The number of ether oxygens (including phenoxy) is 1. The van der Waals surface area contributed by atoms with Gasteiger partial charge in [-0.05, 0) is 42.5 Å². The van der Waals surface area contributed by atoms with E-state index < -0.39 is 0 Å². The van der Waals surface area contributed by atoms with Crippen LogP contribution in [-0.2, 0) is 4.79 Å². The van der Waals surface area contributed by atoms with Crippen LogP contribution in [0.5, 0.6) is 5.75 Å². The molecule has 0 radical (unpaired) electrons. The molecule has 1 heterocycles. The number of aromatic nitrogens is 2. The van der Waals surface area contributed by atoms with E-state index in [0.29, 0.717) is 22.9 Å². The number of amides is 1. The van der Waals surface area contributed by atoms with E-state index in [9.17, 15) is 4.79 Å². The maximum absolute atomic E-state index is 12.2. The molecule has 0 spiro atoms. The Morgan fingerprint density at radius 1 is 1.27 bits per heavy atom. The van der Waals surface area contributed by atoms with Gasteiger partial charge >= 0.3 is 0 Å². The standard InChI is InChI=1S/C19H25N3O3S/c1-12-5-4-6-16(13(12)2)20-17(23)11-26-19-22-21-18(25-19)14-7-9-15(24-3)10-8-14/h7-10,12-13,16H,4-6,11H2,1-3H3,(H,20,23)/t12-,13+,16+/m1/s1. The molecular weight excluding hydrogens is 350 g/mol. The van der Waals surface area contributed by atoms with Gasteiger partial charge in [0.15, 0.2) is 0 Å². The molecule has 3 atom stereocenters. The van der Waals surface area contributed by atoms with Crippen molar-refractivity contribution in [3.8, 4) is 17.2 Å². The lowest BCUT2D eigenvalue weighted by atomic mass is 9.78. The molecule has 0 saturated heterocycles. The van der Waals surface area contributed by atoms with E-state index in [1.165, 1.54) is 24.6 Å². The number of carbonyl (C=O) groups is 1. The fraction of sp³-hybridized carbons (Fsp3) is 0.526. The molecule has 0 unspecified atom stereocenters. The smallest absolute Gasteiger partial charge is 0.277 e. The molecule has 0 aliphatic heterocycles. The van der Waals surface area contributed by atoms with Crippen LogP contribution in [0, 0.1) is 11.8 Å². The van der Waals surface area contributed by atoms with E-state index in [1.54, 1.807) is 7.11 Å². The third-order valence-electron chi connectivity index (χ3n) is 5.12. The van der Waals surface area contributed by atoms with Crippen LogP contribution < -0.4 is 10.1 Å². The Morgan fingerprint density at radius 3 is 2.77 bits per heavy atom. The van der Waals surface area contributed by atoms with Crippen molar-refractivity contribution in [3.63, 3.8) is 0 Å². The van der Waals surface area contributed by atoms with Crippen molar-refractivity contribution < 1.29 is 13.9 Å². The summed E-state index contributed by atoms with van der Waals surface area (Å²) in [5.74, 6) is 2.68. The molecule has 3 rings (SSSR count). The third kappa shape index (κ3) is 4.58. The predicted octanol–water partition coefficient (Wildman–Crippen LogP) is 3.78. The summed E-state index contributed by atoms with van der Waals surface area (Å²) in [6, 6.07) is 7.67. The highest BCUT2D eigenvalue weighted by atomic mass is 32.2. The maximum Gasteiger partial charge on any atom is 0.277 e. The van der Waals surface area contributed by atoms with Crippen LogP contribution in [0.15, 0.2) is 33.9 Å². The van der Waals surface area contributed by atoms with Crippen LogP contribution in [0.3, 0.4) is 0 Å². The number of carbonyl (C=O) groups excluding carboxylic acids is 1. The van der Waals surface area contributed by atoms with Crippen molar-refractivity contribution in [1.29, 1.82) is 0 Å². The average Bonchev–Trinajstić information content (AvgIpc) is 3.13. The van der Waals surface area contributed by atoms with Crippen LogP contribution in [0.2, 0.25) is 0 Å². The quantitative estimate of drug-likeness (QED) is 0.774. The molecule has 1 fully saturated rings. The van der Waals surface area contributed by atoms with Crippen molar-refractivity contribution in [1.82, 2.24) is 15.5 Å². The number of hydrogen-bond donors (Lipinski definition) is 1. The van der Waals surface area contributed by atoms with Gasteiger partial charge in [-0.2, -0.15) is 0 Å². The Kier molecular flexibility index (Phi) is 6.19. The molecule has 26 heavy (non-hydrogen) atoms. The van der Waals surface area contributed by atoms with Gasteiger partial charge in [-0.25, -0.2) is 0 Å². The van der Waals surface area contributed by atoms with Gasteiger partial charge in [-0.3, -0.25) is 4.79 Å². The highest BCUT2D eigenvalue weighted by Gasteiger charge is 2.28. The molecule has 0 bridgehead atoms. The number of methoxy groups -OCH3 is 1. The fourth-order valence-electron chi connectivity index (χ4n) is 3.28. The lowest BCUT2D eigenvalue weighted by Gasteiger charge is -2.34. The molecule has 1 saturated carbocycles. The maximum atomic E-state index is 12.2. The van der Waals surface area contributed by atoms with E-state index in [2.05, 4.69) is 29.4 Å². The zero-order valence-corrected chi connectivity index (χ0v) is 16.2. The first-order chi connectivity index (χ1) is 12.6. The Bertz CT molecular complexity index is 732. The van der Waals surface area contributed by atoms with Crippen molar-refractivity contribution in [3.05, 3.63) is 24.3 Å². The predicted molar refractivity (Wildman–Crippen MR) is 101 cm³/mol. The minimum atomic E-state index is 0.0187. The van der Waals surface area contributed by atoms with Crippen molar-refractivity contribution in [2.24, 2.45) is 11.8 Å². The van der Waals surface area contributed by atoms with Gasteiger partial charge in [0.05, 0.1) is 12.9 Å². The highest BCUT2D eigenvalue weighted by Crippen LogP contribution is 2.30. The average molecular weight is 375 g/mol. The topological polar surface area (TPSA) is 77.2 Å². The lowest BCUT2D eigenvalue weighted by Crippen LogP contribution is -2.44. The summed E-state index contributed by atoms with van der Waals surface area (Å²) >= 11 is 1.27. The van der Waals surface area contributed by atoms with E-state index >= 15 is 0 Å². The van der Waals surface area contributed by atoms with Crippen LogP contribution in [0.4, 0.5) is 0 Å². The largest absolute Gasteiger partial charge is 0.497 e. The second kappa shape index (κ2) is 8.58. The van der Waals surface area contributed by atoms with E-state index in [1.807, 2.05) is 24.3 Å². The fourth-order valence-corrected chi connectivity index (χ4v) is 3.85. The Hall–Kier alpha value is -2.02. The molecule has 7 heteroatoms. The van der Waals surface area contributed by atoms with Gasteiger partial charge in [0, 0.05) is 11.6 Å². The van der Waals surface area contributed by atoms with E-state index in [-0.39, 0.29) is 17.7 Å². The normalized spacial score (nSPS) is 22.8. The van der Waals surface area contributed by atoms with E-state index in [4.69, 9.17) is 9.15 Å². The number of rotatable bonds is 6. The molecule has 140 valence electrons. The molecule has 1 N–H and O–H groups in total. The van der Waals surface area contributed by atoms with Gasteiger partial charge < -0.3 is 14.5 Å². The summed E-state index contributed by atoms with van der Waals surface area (Å²) in [6.07, 6.45) is 3.49. The monoisotopic (exact) mass is 375 g/mol. The van der Waals surface area contributed by atoms with E-state index in [0.717, 1.165) is 17.7 Å². The third-order valence-corrected chi connectivity index (χ3v) is 5.94. The first-order valence-corrected chi connectivity index (χ1v) is 9.95. The van der Waals surface area contributed by atoms with Gasteiger partial charge in [0.2, 0.25) is 11.8 Å². The Balaban J connectivity index is 1.51. The number of hydrogen-bond acceptors (Lipinski definition) is 6. The van der Waals surface area contributed by atoms with Crippen molar-refractivity contribution in [2.45, 2.75) is 44.4 Å². The molecule has 1 aromatic heterocycles. The minimum Gasteiger partial charge on any atom is -0.497 e. The first kappa shape index (κ1) is 18.8. The molecule has 1 aliphatic carbocycles. The molecule has 2 aromatic rings. The van der Waals surface area contributed by atoms with Crippen LogP contribution in [-0.4, -0.2) is 35.0 Å². The van der Waals surface area contributed by atoms with Gasteiger partial charge in [-0.15, -0.1) is 10.2 Å². The molecule has 1 aliphatic rings. The summed E-state index contributed by atoms with van der Waals surface area (Å²) < 4.78 is 10.8. The number of benzene rings is 1. The summed E-state index contributed by atoms with van der Waals surface area (Å²) in [5.41, 5.74) is 0.819. The second-order valence-corrected chi connectivity index (χ2v) is 7.76. The minimum absolute atomic E-state index is 0.0187. The zero-order chi connectivity index (χ0) is 18.5. The Morgan fingerprint density at radius 2 is 2.04 bits per heavy atom. The first-order valence-electron chi connectivity index (χ1n) is 8.97. The van der Waals surface area contributed by atoms with Crippen LogP contribution >= 0.6 is 11.8 Å².